The molecule has 1 heterocycles. The third kappa shape index (κ3) is 1.85. The van der Waals surface area contributed by atoms with Gasteiger partial charge in [-0.3, -0.25) is 0 Å². The third-order valence-corrected chi connectivity index (χ3v) is 8.21. The molecule has 6 atom stereocenters. The first-order valence-corrected chi connectivity index (χ1v) is 9.53. The van der Waals surface area contributed by atoms with Gasteiger partial charge in [-0.15, -0.1) is 0 Å². The molecule has 5 rings (SSSR count). The number of hydrogen-bond donors (Lipinski definition) is 1. The lowest BCUT2D eigenvalue weighted by Gasteiger charge is -2.34. The summed E-state index contributed by atoms with van der Waals surface area (Å²) in [6, 6.07) is 0. The molecule has 0 bridgehead atoms. The fourth-order valence-corrected chi connectivity index (χ4v) is 6.84. The number of aliphatic hydroxyl groups excluding tert-OH is 1. The standard InChI is InChI=1S/C19H31NO2/c1-20(2)11-13-12-3-5-18(7-8-18)14-4-6-19(9-10-19)15(14)16(12)22-17(13)21/h12-17,21H,3-11H2,1-2H3/t12-,13?,14+,15-,16-,17?/m0/s1. The predicted octanol–water partition coefficient (Wildman–Crippen LogP) is 2.88. The molecule has 5 aliphatic rings. The summed E-state index contributed by atoms with van der Waals surface area (Å²) < 4.78 is 6.30. The van der Waals surface area contributed by atoms with Crippen LogP contribution < -0.4 is 0 Å². The van der Waals surface area contributed by atoms with Crippen LogP contribution in [0.1, 0.15) is 51.4 Å². The Hall–Kier alpha value is -0.120. The van der Waals surface area contributed by atoms with Crippen LogP contribution in [0.15, 0.2) is 0 Å². The molecule has 22 heavy (non-hydrogen) atoms. The Morgan fingerprint density at radius 1 is 1.00 bits per heavy atom. The van der Waals surface area contributed by atoms with Crippen molar-refractivity contribution in [2.75, 3.05) is 20.6 Å². The van der Waals surface area contributed by atoms with E-state index in [1.165, 1.54) is 51.4 Å². The lowest BCUT2D eigenvalue weighted by atomic mass is 9.73. The van der Waals surface area contributed by atoms with E-state index in [9.17, 15) is 5.11 Å². The monoisotopic (exact) mass is 305 g/mol. The summed E-state index contributed by atoms with van der Waals surface area (Å²) in [5.41, 5.74) is 1.32. The molecule has 1 N–H and O–H groups in total. The molecule has 0 aromatic heterocycles. The molecule has 4 aliphatic carbocycles. The van der Waals surface area contributed by atoms with E-state index in [0.717, 1.165) is 18.4 Å². The molecular weight excluding hydrogens is 274 g/mol. The number of ether oxygens (including phenoxy) is 1. The van der Waals surface area contributed by atoms with Gasteiger partial charge in [0.05, 0.1) is 6.10 Å². The Labute approximate surface area is 134 Å². The minimum absolute atomic E-state index is 0.325. The first-order chi connectivity index (χ1) is 10.5. The second-order valence-corrected chi connectivity index (χ2v) is 9.52. The quantitative estimate of drug-likeness (QED) is 0.851. The van der Waals surface area contributed by atoms with Crippen molar-refractivity contribution in [2.24, 2.45) is 34.5 Å². The van der Waals surface area contributed by atoms with Gasteiger partial charge in [-0.1, -0.05) is 0 Å². The van der Waals surface area contributed by atoms with Crippen LogP contribution in [-0.2, 0) is 4.74 Å². The number of nitrogens with zero attached hydrogens (tertiary/aromatic N) is 1. The molecule has 1 aliphatic heterocycles. The van der Waals surface area contributed by atoms with Crippen LogP contribution in [0, 0.1) is 34.5 Å². The summed E-state index contributed by atoms with van der Waals surface area (Å²) in [6.07, 6.45) is 11.3. The normalized spacial score (nSPS) is 50.2. The fourth-order valence-electron chi connectivity index (χ4n) is 6.84. The molecule has 0 aromatic carbocycles. The van der Waals surface area contributed by atoms with Gasteiger partial charge >= 0.3 is 0 Å². The molecule has 5 fully saturated rings. The van der Waals surface area contributed by atoms with Crippen LogP contribution in [0.25, 0.3) is 0 Å². The topological polar surface area (TPSA) is 32.7 Å². The van der Waals surface area contributed by atoms with E-state index < -0.39 is 6.29 Å². The van der Waals surface area contributed by atoms with Crippen LogP contribution in [0.5, 0.6) is 0 Å². The lowest BCUT2D eigenvalue weighted by molar-refractivity contribution is -0.133. The third-order valence-electron chi connectivity index (χ3n) is 8.21. The molecule has 4 saturated carbocycles. The lowest BCUT2D eigenvalue weighted by Crippen LogP contribution is -2.36. The molecule has 2 unspecified atom stereocenters. The van der Waals surface area contributed by atoms with E-state index in [0.29, 0.717) is 28.8 Å². The Kier molecular flexibility index (Phi) is 2.91. The summed E-state index contributed by atoms with van der Waals surface area (Å²) in [5, 5.41) is 10.6. The number of hydrogen-bond acceptors (Lipinski definition) is 3. The number of fused-ring (bicyclic) bond motifs is 5. The van der Waals surface area contributed by atoms with Crippen molar-refractivity contribution >= 4 is 0 Å². The van der Waals surface area contributed by atoms with E-state index in [4.69, 9.17) is 4.74 Å². The van der Waals surface area contributed by atoms with Gasteiger partial charge in [0.15, 0.2) is 6.29 Å². The Morgan fingerprint density at radius 3 is 2.32 bits per heavy atom. The van der Waals surface area contributed by atoms with Crippen molar-refractivity contribution < 1.29 is 9.84 Å². The van der Waals surface area contributed by atoms with Gasteiger partial charge in [0, 0.05) is 12.5 Å². The molecule has 2 spiro atoms. The van der Waals surface area contributed by atoms with Crippen molar-refractivity contribution in [3.63, 3.8) is 0 Å². The van der Waals surface area contributed by atoms with Gasteiger partial charge in [-0.2, -0.15) is 0 Å². The zero-order chi connectivity index (χ0) is 15.1. The highest BCUT2D eigenvalue weighted by Crippen LogP contribution is 2.75. The largest absolute Gasteiger partial charge is 0.368 e. The molecular formula is C19H31NO2. The van der Waals surface area contributed by atoms with Crippen LogP contribution in [-0.4, -0.2) is 43.0 Å². The van der Waals surface area contributed by atoms with Crippen molar-refractivity contribution in [3.8, 4) is 0 Å². The minimum atomic E-state index is -0.525. The molecule has 0 amide bonds. The van der Waals surface area contributed by atoms with Crippen LogP contribution >= 0.6 is 0 Å². The zero-order valence-electron chi connectivity index (χ0n) is 14.1. The molecule has 124 valence electrons. The SMILES string of the molecule is CN(C)CC1C(O)O[C@@H]2[C@@H]3[C@@H](CCC34CC4)C3(CC[C@@H]12)CC3. The molecule has 0 aromatic rings. The number of rotatable bonds is 2. The summed E-state index contributed by atoms with van der Waals surface area (Å²) >= 11 is 0. The maximum atomic E-state index is 10.6. The van der Waals surface area contributed by atoms with Gasteiger partial charge in [-0.05, 0) is 94.0 Å². The molecule has 3 nitrogen and oxygen atoms in total. The van der Waals surface area contributed by atoms with Crippen molar-refractivity contribution in [3.05, 3.63) is 0 Å². The summed E-state index contributed by atoms with van der Waals surface area (Å²) in [6.45, 7) is 0.972. The molecule has 3 heteroatoms. The van der Waals surface area contributed by atoms with Gasteiger partial charge in [0.1, 0.15) is 0 Å². The molecule has 0 radical (unpaired) electrons. The second-order valence-electron chi connectivity index (χ2n) is 9.52. The van der Waals surface area contributed by atoms with Crippen molar-refractivity contribution in [2.45, 2.75) is 63.8 Å². The van der Waals surface area contributed by atoms with E-state index in [1.807, 2.05) is 0 Å². The van der Waals surface area contributed by atoms with E-state index in [1.54, 1.807) is 0 Å². The zero-order valence-corrected chi connectivity index (χ0v) is 14.1. The average molecular weight is 305 g/mol. The summed E-state index contributed by atoms with van der Waals surface area (Å²) in [7, 11) is 4.25. The molecule has 1 saturated heterocycles. The van der Waals surface area contributed by atoms with E-state index in [-0.39, 0.29) is 0 Å². The average Bonchev–Trinajstić information content (AvgIpc) is 3.34. The summed E-state index contributed by atoms with van der Waals surface area (Å²) in [4.78, 5) is 2.23. The van der Waals surface area contributed by atoms with Crippen LogP contribution in [0.4, 0.5) is 0 Å². The Balaban J connectivity index is 1.49. The Bertz CT molecular complexity index is 468. The Morgan fingerprint density at radius 2 is 1.68 bits per heavy atom. The smallest absolute Gasteiger partial charge is 0.159 e. The minimum Gasteiger partial charge on any atom is -0.368 e. The van der Waals surface area contributed by atoms with Gasteiger partial charge in [0.2, 0.25) is 0 Å². The fraction of sp³-hybridized carbons (Fsp3) is 1.00. The predicted molar refractivity (Wildman–Crippen MR) is 85.2 cm³/mol. The maximum Gasteiger partial charge on any atom is 0.159 e. The van der Waals surface area contributed by atoms with Crippen LogP contribution in [0.3, 0.4) is 0 Å². The highest BCUT2D eigenvalue weighted by molar-refractivity contribution is 5.17. The van der Waals surface area contributed by atoms with Gasteiger partial charge in [-0.25, -0.2) is 0 Å². The van der Waals surface area contributed by atoms with Crippen molar-refractivity contribution in [1.29, 1.82) is 0 Å². The first-order valence-electron chi connectivity index (χ1n) is 9.53. The van der Waals surface area contributed by atoms with E-state index in [2.05, 4.69) is 19.0 Å². The number of aliphatic hydroxyl groups is 1. The van der Waals surface area contributed by atoms with Crippen molar-refractivity contribution in [1.82, 2.24) is 4.90 Å². The highest BCUT2D eigenvalue weighted by atomic mass is 16.6. The second kappa shape index (κ2) is 4.49. The van der Waals surface area contributed by atoms with Gasteiger partial charge < -0.3 is 14.7 Å². The summed E-state index contributed by atoms with van der Waals surface area (Å²) in [5.74, 6) is 2.60. The first kappa shape index (κ1) is 14.2. The van der Waals surface area contributed by atoms with Crippen LogP contribution in [0.2, 0.25) is 0 Å². The van der Waals surface area contributed by atoms with E-state index >= 15 is 0 Å². The maximum absolute atomic E-state index is 10.6. The highest BCUT2D eigenvalue weighted by Gasteiger charge is 2.69. The van der Waals surface area contributed by atoms with Gasteiger partial charge in [0.25, 0.3) is 0 Å².